The Labute approximate surface area is 114 Å². The second-order valence-electron chi connectivity index (χ2n) is 5.74. The highest BCUT2D eigenvalue weighted by Crippen LogP contribution is 2.41. The predicted molar refractivity (Wildman–Crippen MR) is 75.7 cm³/mol. The molecule has 1 saturated heterocycles. The first-order valence-corrected chi connectivity index (χ1v) is 7.43. The van der Waals surface area contributed by atoms with Crippen LogP contribution in [0.25, 0.3) is 0 Å². The van der Waals surface area contributed by atoms with Crippen LogP contribution in [0.1, 0.15) is 43.7 Å². The van der Waals surface area contributed by atoms with Crippen LogP contribution in [-0.4, -0.2) is 18.5 Å². The third kappa shape index (κ3) is 3.16. The van der Waals surface area contributed by atoms with Crippen molar-refractivity contribution in [3.63, 3.8) is 0 Å². The van der Waals surface area contributed by atoms with Crippen LogP contribution < -0.4 is 10.6 Å². The number of hydrogen-bond donors (Lipinski definition) is 2. The summed E-state index contributed by atoms with van der Waals surface area (Å²) in [6.45, 7) is 0.970. The number of carbonyl (C=O) groups excluding carboxylic acids is 1. The molecule has 0 spiro atoms. The zero-order valence-electron chi connectivity index (χ0n) is 11.3. The first-order chi connectivity index (χ1) is 9.34. The fourth-order valence-corrected chi connectivity index (χ4v) is 2.89. The summed E-state index contributed by atoms with van der Waals surface area (Å²) < 4.78 is 0. The van der Waals surface area contributed by atoms with Crippen molar-refractivity contribution in [2.45, 2.75) is 44.2 Å². The summed E-state index contributed by atoms with van der Waals surface area (Å²) in [6.07, 6.45) is 5.78. The van der Waals surface area contributed by atoms with E-state index in [0.717, 1.165) is 19.4 Å². The van der Waals surface area contributed by atoms with Gasteiger partial charge in [-0.2, -0.15) is 0 Å². The van der Waals surface area contributed by atoms with Gasteiger partial charge in [-0.15, -0.1) is 0 Å². The standard InChI is InChI=1S/C16H22N2O/c19-16(14-8-4-5-11-17-14)18-15(13-9-10-13)12-6-2-1-3-7-12/h1-3,6-7,13-15,17H,4-5,8-11H2,(H,18,19)/t14-,15?/m1/s1. The molecule has 1 unspecified atom stereocenters. The molecule has 2 N–H and O–H groups in total. The zero-order chi connectivity index (χ0) is 13.1. The van der Waals surface area contributed by atoms with E-state index in [4.69, 9.17) is 0 Å². The molecule has 1 aromatic rings. The van der Waals surface area contributed by atoms with Crippen molar-refractivity contribution in [1.29, 1.82) is 0 Å². The van der Waals surface area contributed by atoms with E-state index in [2.05, 4.69) is 34.9 Å². The van der Waals surface area contributed by atoms with Crippen molar-refractivity contribution in [2.75, 3.05) is 6.54 Å². The van der Waals surface area contributed by atoms with Crippen molar-refractivity contribution in [3.8, 4) is 0 Å². The average Bonchev–Trinajstić information content (AvgIpc) is 3.31. The zero-order valence-corrected chi connectivity index (χ0v) is 11.3. The molecule has 0 aromatic heterocycles. The SMILES string of the molecule is O=C(NC(c1ccccc1)C1CC1)[C@H]1CCCCN1. The summed E-state index contributed by atoms with van der Waals surface area (Å²) in [6, 6.07) is 10.6. The number of carbonyl (C=O) groups is 1. The second kappa shape index (κ2) is 5.74. The summed E-state index contributed by atoms with van der Waals surface area (Å²) >= 11 is 0. The van der Waals surface area contributed by atoms with E-state index < -0.39 is 0 Å². The summed E-state index contributed by atoms with van der Waals surface area (Å²) in [5.41, 5.74) is 1.24. The molecule has 2 fully saturated rings. The Morgan fingerprint density at radius 2 is 1.95 bits per heavy atom. The van der Waals surface area contributed by atoms with Gasteiger partial charge in [0.05, 0.1) is 12.1 Å². The number of amides is 1. The first kappa shape index (κ1) is 12.7. The van der Waals surface area contributed by atoms with Gasteiger partial charge in [-0.25, -0.2) is 0 Å². The molecule has 0 radical (unpaired) electrons. The molecule has 1 amide bonds. The van der Waals surface area contributed by atoms with Crippen LogP contribution in [0.2, 0.25) is 0 Å². The molecule has 1 heterocycles. The molecule has 1 aromatic carbocycles. The van der Waals surface area contributed by atoms with E-state index in [1.165, 1.54) is 24.8 Å². The smallest absolute Gasteiger partial charge is 0.237 e. The predicted octanol–water partition coefficient (Wildman–Crippen LogP) is 2.40. The summed E-state index contributed by atoms with van der Waals surface area (Å²) in [5.74, 6) is 0.815. The quantitative estimate of drug-likeness (QED) is 0.870. The molecule has 3 nitrogen and oxygen atoms in total. The Morgan fingerprint density at radius 1 is 1.16 bits per heavy atom. The highest BCUT2D eigenvalue weighted by molar-refractivity contribution is 5.82. The minimum Gasteiger partial charge on any atom is -0.348 e. The summed E-state index contributed by atoms with van der Waals surface area (Å²) in [4.78, 5) is 12.3. The second-order valence-corrected chi connectivity index (χ2v) is 5.74. The van der Waals surface area contributed by atoms with Crippen LogP contribution >= 0.6 is 0 Å². The summed E-state index contributed by atoms with van der Waals surface area (Å²) in [5, 5.41) is 6.59. The third-order valence-electron chi connectivity index (χ3n) is 4.18. The maximum atomic E-state index is 12.3. The van der Waals surface area contributed by atoms with Crippen LogP contribution in [0, 0.1) is 5.92 Å². The number of nitrogens with one attached hydrogen (secondary N) is 2. The molecule has 1 aliphatic carbocycles. The number of hydrogen-bond acceptors (Lipinski definition) is 2. The molecule has 0 bridgehead atoms. The van der Waals surface area contributed by atoms with E-state index >= 15 is 0 Å². The van der Waals surface area contributed by atoms with Gasteiger partial charge in [0, 0.05) is 0 Å². The van der Waals surface area contributed by atoms with Crippen LogP contribution in [0.5, 0.6) is 0 Å². The molecular formula is C16H22N2O. The van der Waals surface area contributed by atoms with Gasteiger partial charge in [-0.3, -0.25) is 4.79 Å². The Balaban J connectivity index is 1.66. The Kier molecular flexibility index (Phi) is 3.83. The molecule has 19 heavy (non-hydrogen) atoms. The van der Waals surface area contributed by atoms with E-state index in [0.29, 0.717) is 5.92 Å². The Bertz CT molecular complexity index is 422. The maximum absolute atomic E-state index is 12.3. The van der Waals surface area contributed by atoms with Gasteiger partial charge in [0.15, 0.2) is 0 Å². The topological polar surface area (TPSA) is 41.1 Å². The van der Waals surface area contributed by atoms with E-state index in [1.54, 1.807) is 0 Å². The van der Waals surface area contributed by atoms with Gasteiger partial charge in [0.25, 0.3) is 0 Å². The Hall–Kier alpha value is -1.35. The molecular weight excluding hydrogens is 236 g/mol. The molecule has 3 heteroatoms. The van der Waals surface area contributed by atoms with Gasteiger partial charge < -0.3 is 10.6 Å². The molecule has 2 aliphatic rings. The number of rotatable bonds is 4. The fourth-order valence-electron chi connectivity index (χ4n) is 2.89. The van der Waals surface area contributed by atoms with Gasteiger partial charge in [-0.05, 0) is 43.7 Å². The van der Waals surface area contributed by atoms with Crippen molar-refractivity contribution >= 4 is 5.91 Å². The largest absolute Gasteiger partial charge is 0.348 e. The number of piperidine rings is 1. The highest BCUT2D eigenvalue weighted by atomic mass is 16.2. The lowest BCUT2D eigenvalue weighted by Gasteiger charge is -2.26. The third-order valence-corrected chi connectivity index (χ3v) is 4.18. The van der Waals surface area contributed by atoms with Gasteiger partial charge in [0.1, 0.15) is 0 Å². The minimum absolute atomic E-state index is 0.0127. The number of benzene rings is 1. The van der Waals surface area contributed by atoms with E-state index in [9.17, 15) is 4.79 Å². The molecule has 102 valence electrons. The van der Waals surface area contributed by atoms with Crippen molar-refractivity contribution in [1.82, 2.24) is 10.6 Å². The summed E-state index contributed by atoms with van der Waals surface area (Å²) in [7, 11) is 0. The van der Waals surface area contributed by atoms with Gasteiger partial charge in [-0.1, -0.05) is 36.8 Å². The Morgan fingerprint density at radius 3 is 2.58 bits per heavy atom. The average molecular weight is 258 g/mol. The van der Waals surface area contributed by atoms with Crippen LogP contribution in [0.3, 0.4) is 0 Å². The highest BCUT2D eigenvalue weighted by Gasteiger charge is 2.34. The first-order valence-electron chi connectivity index (χ1n) is 7.43. The van der Waals surface area contributed by atoms with E-state index in [1.807, 2.05) is 6.07 Å². The lowest BCUT2D eigenvalue weighted by Crippen LogP contribution is -2.47. The molecule has 3 rings (SSSR count). The lowest BCUT2D eigenvalue weighted by molar-refractivity contribution is -0.124. The normalized spacial score (nSPS) is 24.7. The molecule has 1 saturated carbocycles. The van der Waals surface area contributed by atoms with Crippen LogP contribution in [0.4, 0.5) is 0 Å². The molecule has 1 aliphatic heterocycles. The monoisotopic (exact) mass is 258 g/mol. The van der Waals surface area contributed by atoms with Crippen LogP contribution in [0.15, 0.2) is 30.3 Å². The van der Waals surface area contributed by atoms with Gasteiger partial charge >= 0.3 is 0 Å². The van der Waals surface area contributed by atoms with Crippen molar-refractivity contribution in [2.24, 2.45) is 5.92 Å². The van der Waals surface area contributed by atoms with Crippen LogP contribution in [-0.2, 0) is 4.79 Å². The fraction of sp³-hybridized carbons (Fsp3) is 0.562. The maximum Gasteiger partial charge on any atom is 0.237 e. The minimum atomic E-state index is 0.0127. The lowest BCUT2D eigenvalue weighted by atomic mass is 10.00. The van der Waals surface area contributed by atoms with Crippen molar-refractivity contribution in [3.05, 3.63) is 35.9 Å². The van der Waals surface area contributed by atoms with E-state index in [-0.39, 0.29) is 18.0 Å². The van der Waals surface area contributed by atoms with Gasteiger partial charge in [0.2, 0.25) is 5.91 Å². The molecule has 2 atom stereocenters. The van der Waals surface area contributed by atoms with Crippen molar-refractivity contribution < 1.29 is 4.79 Å².